The maximum atomic E-state index is 2.52. The molecule has 0 aliphatic carbocycles. The van der Waals surface area contributed by atoms with Crippen LogP contribution < -0.4 is 0 Å². The molecular weight excluding hydrogens is 307 g/mol. The van der Waals surface area contributed by atoms with Gasteiger partial charge in [0.25, 0.3) is 0 Å². The number of benzene rings is 1. The van der Waals surface area contributed by atoms with E-state index >= 15 is 0 Å². The normalized spacial score (nSPS) is 12.6. The third-order valence-corrected chi connectivity index (χ3v) is 3.62. The maximum Gasteiger partial charge on any atom is 0.0414 e. The van der Waals surface area contributed by atoms with Crippen LogP contribution in [-0.2, 0) is 3.42 Å². The van der Waals surface area contributed by atoms with E-state index in [0.29, 0.717) is 11.8 Å². The van der Waals surface area contributed by atoms with Crippen LogP contribution in [0.4, 0.5) is 0 Å². The summed E-state index contributed by atoms with van der Waals surface area (Å²) in [4.78, 5) is 0. The highest BCUT2D eigenvalue weighted by Gasteiger charge is 2.18. The molecule has 0 bridgehead atoms. The van der Waals surface area contributed by atoms with Gasteiger partial charge in [0.15, 0.2) is 0 Å². The van der Waals surface area contributed by atoms with Gasteiger partial charge in [-0.3, -0.25) is 0 Å². The predicted octanol–water partition coefficient (Wildman–Crippen LogP) is 5.60. The number of alkyl halides is 1. The molecule has 0 aromatic heterocycles. The summed E-state index contributed by atoms with van der Waals surface area (Å²) in [6, 6.07) is 7.09. The fraction of sp³-hybridized carbons (Fsp3) is 0.600. The van der Waals surface area contributed by atoms with Crippen molar-refractivity contribution >= 4 is 22.6 Å². The van der Waals surface area contributed by atoms with Gasteiger partial charge in [-0.05, 0) is 42.4 Å². The molecule has 0 atom stereocenters. The first-order chi connectivity index (χ1) is 7.21. The van der Waals surface area contributed by atoms with Crippen molar-refractivity contribution in [2.45, 2.75) is 56.8 Å². The topological polar surface area (TPSA) is 0 Å². The summed E-state index contributed by atoms with van der Waals surface area (Å²) in [6.45, 7) is 13.6. The quantitative estimate of drug-likeness (QED) is 0.500. The third kappa shape index (κ3) is 3.47. The molecule has 0 nitrogen and oxygen atoms in total. The van der Waals surface area contributed by atoms with Gasteiger partial charge in [-0.15, -0.1) is 0 Å². The molecule has 0 saturated carbocycles. The molecule has 0 fully saturated rings. The number of hydrogen-bond acceptors (Lipinski definition) is 0. The molecule has 1 aromatic rings. The number of halogens is 1. The average Bonchev–Trinajstić information content (AvgIpc) is 2.15. The van der Waals surface area contributed by atoms with Gasteiger partial charge in [-0.1, -0.05) is 68.5 Å². The zero-order chi connectivity index (χ0) is 12.5. The molecule has 16 heavy (non-hydrogen) atoms. The second-order valence-corrected chi connectivity index (χ2v) is 8.37. The van der Waals surface area contributed by atoms with Gasteiger partial charge in [-0.2, -0.15) is 0 Å². The van der Waals surface area contributed by atoms with Gasteiger partial charge in [0.1, 0.15) is 0 Å². The summed E-state index contributed by atoms with van der Waals surface area (Å²) in [6.07, 6.45) is 0. The average molecular weight is 330 g/mol. The Hall–Kier alpha value is -0.0500. The van der Waals surface area contributed by atoms with Crippen molar-refractivity contribution in [3.63, 3.8) is 0 Å². The second-order valence-electron chi connectivity index (χ2n) is 5.67. The van der Waals surface area contributed by atoms with Crippen LogP contribution in [0.3, 0.4) is 0 Å². The molecular formula is C15H23I. The molecule has 0 spiro atoms. The zero-order valence-corrected chi connectivity index (χ0v) is 13.4. The Morgan fingerprint density at radius 2 is 1.25 bits per heavy atom. The lowest BCUT2D eigenvalue weighted by Crippen LogP contribution is -2.09. The molecule has 0 aliphatic rings. The summed E-state index contributed by atoms with van der Waals surface area (Å²) in [5, 5.41) is 0. The molecule has 0 aliphatic heterocycles. The third-order valence-electron chi connectivity index (χ3n) is 3.00. The molecule has 0 amide bonds. The molecule has 0 radical (unpaired) electrons. The van der Waals surface area contributed by atoms with E-state index in [2.05, 4.69) is 82.3 Å². The lowest BCUT2D eigenvalue weighted by Gasteiger charge is -2.21. The highest BCUT2D eigenvalue weighted by atomic mass is 127. The highest BCUT2D eigenvalue weighted by molar-refractivity contribution is 14.1. The van der Waals surface area contributed by atoms with E-state index in [9.17, 15) is 0 Å². The largest absolute Gasteiger partial charge is 0.0743 e. The molecule has 0 unspecified atom stereocenters. The zero-order valence-electron chi connectivity index (χ0n) is 11.3. The first-order valence-corrected chi connectivity index (χ1v) is 7.14. The Morgan fingerprint density at radius 3 is 1.50 bits per heavy atom. The highest BCUT2D eigenvalue weighted by Crippen LogP contribution is 2.34. The summed E-state index contributed by atoms with van der Waals surface area (Å²) < 4.78 is 0.215. The van der Waals surface area contributed by atoms with E-state index in [0.717, 1.165) is 0 Å². The molecule has 1 heteroatoms. The first-order valence-electron chi connectivity index (χ1n) is 6.06. The van der Waals surface area contributed by atoms with E-state index in [1.165, 1.54) is 16.7 Å². The molecule has 90 valence electrons. The molecule has 0 saturated heterocycles. The minimum Gasteiger partial charge on any atom is -0.0743 e. The number of hydrogen-bond donors (Lipinski definition) is 0. The van der Waals surface area contributed by atoms with Gasteiger partial charge in [-0.25, -0.2) is 0 Å². The van der Waals surface area contributed by atoms with Gasteiger partial charge >= 0.3 is 0 Å². The standard InChI is InChI=1S/C15H23I/c1-10(2)12-7-13(11(3)4)9-14(8-12)15(5,6)16/h7-11H,1-6H3. The van der Waals surface area contributed by atoms with Crippen molar-refractivity contribution in [3.8, 4) is 0 Å². The Bertz CT molecular complexity index is 330. The van der Waals surface area contributed by atoms with Crippen LogP contribution in [0.2, 0.25) is 0 Å². The van der Waals surface area contributed by atoms with Crippen molar-refractivity contribution in [1.29, 1.82) is 0 Å². The molecule has 1 rings (SSSR count). The Labute approximate surface area is 114 Å². The maximum absolute atomic E-state index is 2.52. The van der Waals surface area contributed by atoms with Gasteiger partial charge < -0.3 is 0 Å². The lowest BCUT2D eigenvalue weighted by atomic mass is 9.90. The van der Waals surface area contributed by atoms with E-state index in [1.54, 1.807) is 0 Å². The Morgan fingerprint density at radius 1 is 0.875 bits per heavy atom. The Balaban J connectivity index is 3.30. The fourth-order valence-electron chi connectivity index (χ4n) is 1.69. The van der Waals surface area contributed by atoms with Crippen molar-refractivity contribution in [2.24, 2.45) is 0 Å². The van der Waals surface area contributed by atoms with Crippen LogP contribution in [0.1, 0.15) is 70.1 Å². The van der Waals surface area contributed by atoms with Crippen LogP contribution in [0, 0.1) is 0 Å². The van der Waals surface area contributed by atoms with Crippen molar-refractivity contribution < 1.29 is 0 Å². The molecule has 0 heterocycles. The predicted molar refractivity (Wildman–Crippen MR) is 81.7 cm³/mol. The monoisotopic (exact) mass is 330 g/mol. The second kappa shape index (κ2) is 5.07. The van der Waals surface area contributed by atoms with Crippen molar-refractivity contribution in [2.75, 3.05) is 0 Å². The fourth-order valence-corrected chi connectivity index (χ4v) is 2.00. The minimum absolute atomic E-state index is 0.215. The van der Waals surface area contributed by atoms with E-state index < -0.39 is 0 Å². The first kappa shape index (κ1) is 14.0. The molecule has 0 N–H and O–H groups in total. The Kier molecular flexibility index (Phi) is 4.44. The summed E-state index contributed by atoms with van der Waals surface area (Å²) in [5.74, 6) is 1.22. The van der Waals surface area contributed by atoms with Crippen LogP contribution in [0.5, 0.6) is 0 Å². The van der Waals surface area contributed by atoms with Crippen LogP contribution in [-0.4, -0.2) is 0 Å². The van der Waals surface area contributed by atoms with Crippen LogP contribution >= 0.6 is 22.6 Å². The molecule has 1 aromatic carbocycles. The van der Waals surface area contributed by atoms with Crippen molar-refractivity contribution in [1.82, 2.24) is 0 Å². The van der Waals surface area contributed by atoms with E-state index in [1.807, 2.05) is 0 Å². The van der Waals surface area contributed by atoms with Gasteiger partial charge in [0.2, 0.25) is 0 Å². The van der Waals surface area contributed by atoms with Gasteiger partial charge in [0, 0.05) is 3.42 Å². The van der Waals surface area contributed by atoms with Crippen LogP contribution in [0.15, 0.2) is 18.2 Å². The minimum atomic E-state index is 0.215. The summed E-state index contributed by atoms with van der Waals surface area (Å²) in [5.41, 5.74) is 4.37. The lowest BCUT2D eigenvalue weighted by molar-refractivity contribution is 0.788. The van der Waals surface area contributed by atoms with E-state index in [-0.39, 0.29) is 3.42 Å². The van der Waals surface area contributed by atoms with Gasteiger partial charge in [0.05, 0.1) is 0 Å². The van der Waals surface area contributed by atoms with E-state index in [4.69, 9.17) is 0 Å². The SMILES string of the molecule is CC(C)c1cc(C(C)C)cc(C(C)(C)I)c1. The number of rotatable bonds is 3. The van der Waals surface area contributed by atoms with Crippen LogP contribution in [0.25, 0.3) is 0 Å². The summed E-state index contributed by atoms with van der Waals surface area (Å²) in [7, 11) is 0. The smallest absolute Gasteiger partial charge is 0.0414 e. The summed E-state index contributed by atoms with van der Waals surface area (Å²) >= 11 is 2.52. The van der Waals surface area contributed by atoms with Crippen molar-refractivity contribution in [3.05, 3.63) is 34.9 Å².